The lowest BCUT2D eigenvalue weighted by Crippen LogP contribution is -2.42. The van der Waals surface area contributed by atoms with Crippen LogP contribution in [-0.2, 0) is 19.1 Å². The Hall–Kier alpha value is -8.01. The second-order valence-electron chi connectivity index (χ2n) is 16.1. The Bertz CT molecular complexity index is 2910. The molecule has 4 aromatic carbocycles. The number of methoxy groups -OCH3 is 2. The van der Waals surface area contributed by atoms with Gasteiger partial charge in [-0.1, -0.05) is 91.0 Å². The molecule has 9 rings (SSSR count). The minimum absolute atomic E-state index is 0.154. The molecule has 2 saturated heterocycles. The van der Waals surface area contributed by atoms with E-state index in [0.717, 1.165) is 35.2 Å². The molecule has 330 valence electrons. The van der Waals surface area contributed by atoms with Crippen LogP contribution in [0.3, 0.4) is 0 Å². The zero-order valence-corrected chi connectivity index (χ0v) is 35.7. The predicted molar refractivity (Wildman–Crippen MR) is 242 cm³/mol. The van der Waals surface area contributed by atoms with E-state index in [1.165, 1.54) is 14.2 Å². The smallest absolute Gasteiger partial charge is 0.407 e. The zero-order chi connectivity index (χ0) is 45.0. The van der Waals surface area contributed by atoms with Gasteiger partial charge in [0.15, 0.2) is 5.43 Å². The molecule has 16 nitrogen and oxygen atoms in total. The zero-order valence-electron chi connectivity index (χ0n) is 35.7. The molecule has 2 aliphatic heterocycles. The van der Waals surface area contributed by atoms with Gasteiger partial charge in [0.25, 0.3) is 11.8 Å². The Kier molecular flexibility index (Phi) is 12.0. The number of amides is 4. The highest BCUT2D eigenvalue weighted by molar-refractivity contribution is 5.89. The van der Waals surface area contributed by atoms with Gasteiger partial charge < -0.3 is 44.9 Å². The molecule has 0 unspecified atom stereocenters. The Balaban J connectivity index is 0.892. The summed E-state index contributed by atoms with van der Waals surface area (Å²) >= 11 is 0. The molecule has 16 heteroatoms. The molecule has 7 aromatic rings. The summed E-state index contributed by atoms with van der Waals surface area (Å²) in [6.07, 6.45) is 5.11. The summed E-state index contributed by atoms with van der Waals surface area (Å²) in [7, 11) is 2.53. The van der Waals surface area contributed by atoms with E-state index < -0.39 is 24.3 Å². The van der Waals surface area contributed by atoms with E-state index in [-0.39, 0.29) is 29.3 Å². The van der Waals surface area contributed by atoms with Gasteiger partial charge in [-0.15, -0.1) is 0 Å². The van der Waals surface area contributed by atoms with E-state index >= 15 is 0 Å². The van der Waals surface area contributed by atoms with E-state index in [1.54, 1.807) is 52.5 Å². The Morgan fingerprint density at radius 1 is 0.662 bits per heavy atom. The molecular formula is C49H47N9O7. The Morgan fingerprint density at radius 3 is 1.77 bits per heavy atom. The first-order valence-corrected chi connectivity index (χ1v) is 21.5. The van der Waals surface area contributed by atoms with Gasteiger partial charge in [0.05, 0.1) is 43.9 Å². The van der Waals surface area contributed by atoms with Crippen LogP contribution in [0.1, 0.15) is 72.6 Å². The van der Waals surface area contributed by atoms with E-state index in [2.05, 4.69) is 30.6 Å². The summed E-state index contributed by atoms with van der Waals surface area (Å²) in [6, 6.07) is 30.6. The van der Waals surface area contributed by atoms with Crippen molar-refractivity contribution in [3.8, 4) is 33.8 Å². The highest BCUT2D eigenvalue weighted by Gasteiger charge is 2.38. The molecule has 0 spiro atoms. The number of carbonyl (C=O) groups is 4. The molecular weight excluding hydrogens is 827 g/mol. The molecule has 0 bridgehead atoms. The van der Waals surface area contributed by atoms with Crippen molar-refractivity contribution >= 4 is 34.9 Å². The van der Waals surface area contributed by atoms with Crippen molar-refractivity contribution in [3.63, 3.8) is 0 Å². The number of imidazole rings is 2. The molecule has 2 aliphatic rings. The Labute approximate surface area is 373 Å². The van der Waals surface area contributed by atoms with Crippen molar-refractivity contribution in [1.29, 1.82) is 0 Å². The molecule has 5 heterocycles. The van der Waals surface area contributed by atoms with Gasteiger partial charge in [-0.3, -0.25) is 14.4 Å². The third-order valence-corrected chi connectivity index (χ3v) is 12.2. The second kappa shape index (κ2) is 18.4. The van der Waals surface area contributed by atoms with Crippen LogP contribution in [0.4, 0.5) is 9.59 Å². The van der Waals surface area contributed by atoms with Gasteiger partial charge in [-0.2, -0.15) is 0 Å². The minimum atomic E-state index is -0.925. The van der Waals surface area contributed by atoms with Crippen LogP contribution in [-0.4, -0.2) is 86.0 Å². The van der Waals surface area contributed by atoms with Gasteiger partial charge in [-0.25, -0.2) is 19.6 Å². The van der Waals surface area contributed by atoms with Crippen LogP contribution in [0.25, 0.3) is 44.7 Å². The summed E-state index contributed by atoms with van der Waals surface area (Å²) in [4.78, 5) is 89.2. The van der Waals surface area contributed by atoms with E-state index in [9.17, 15) is 24.0 Å². The van der Waals surface area contributed by atoms with Crippen LogP contribution >= 0.6 is 0 Å². The molecule has 0 aliphatic carbocycles. The highest BCUT2D eigenvalue weighted by Crippen LogP contribution is 2.36. The van der Waals surface area contributed by atoms with E-state index in [1.807, 2.05) is 78.9 Å². The molecule has 2 fully saturated rings. The molecule has 3 aromatic heterocycles. The number of carbonyl (C=O) groups excluding carboxylic acids is 4. The summed E-state index contributed by atoms with van der Waals surface area (Å²) in [6.45, 7) is 1.03. The topological polar surface area (TPSA) is 207 Å². The molecule has 0 saturated carbocycles. The summed E-state index contributed by atoms with van der Waals surface area (Å²) in [5.41, 5.74) is 6.32. The first-order chi connectivity index (χ1) is 31.7. The molecule has 65 heavy (non-hydrogen) atoms. The fourth-order valence-electron chi connectivity index (χ4n) is 8.88. The number of benzene rings is 4. The van der Waals surface area contributed by atoms with Gasteiger partial charge in [0, 0.05) is 47.5 Å². The van der Waals surface area contributed by atoms with Crippen LogP contribution in [0, 0.1) is 0 Å². The number of hydrogen-bond acceptors (Lipinski definition) is 9. The molecule has 4 atom stereocenters. The van der Waals surface area contributed by atoms with Gasteiger partial charge in [0.2, 0.25) is 0 Å². The van der Waals surface area contributed by atoms with Crippen molar-refractivity contribution in [1.82, 2.24) is 45.4 Å². The summed E-state index contributed by atoms with van der Waals surface area (Å²) in [5, 5.41) is 5.90. The number of pyridine rings is 1. The number of fused-ring (bicyclic) bond motifs is 1. The van der Waals surface area contributed by atoms with Crippen molar-refractivity contribution in [2.75, 3.05) is 27.3 Å². The predicted octanol–water partition coefficient (Wildman–Crippen LogP) is 7.50. The molecule has 4 amide bonds. The van der Waals surface area contributed by atoms with Crippen LogP contribution in [0.15, 0.2) is 126 Å². The van der Waals surface area contributed by atoms with Gasteiger partial charge >= 0.3 is 12.2 Å². The number of H-pyrrole nitrogens is 3. The van der Waals surface area contributed by atoms with E-state index in [4.69, 9.17) is 14.5 Å². The SMILES string of the molecule is COC(=O)N[C@@H](C(=O)N1CCC[C@H]1c1nc(-c2ccc3[nH]c(-c4ccc(-c5cnc([C@@H]6CCCN6C(=O)[C@H](NC(=O)OC)c6ccccc6)[nH]5)cc4)cc(=O)c3c2)c[nH]1)c1ccccc1. The normalized spacial score (nSPS) is 16.8. The third kappa shape index (κ3) is 8.70. The number of ether oxygens (including phenoxy) is 2. The number of hydrogen-bond donors (Lipinski definition) is 5. The standard InChI is InChI=1S/C49H47N9O7/c1-64-48(62)55-42(31-11-5-3-6-12-31)46(60)57-23-9-15-39(57)44-50-27-37(53-44)30-19-17-29(18-20-30)36-26-41(59)34-25-33(21-22-35(34)52-36)38-28-51-45(54-38)40-16-10-24-58(40)47(61)43(56-49(63)65-2)32-13-7-4-8-14-32/h3-8,11-14,17-22,25-28,39-40,42-43H,9-10,15-16,23-24H2,1-2H3,(H,50,53)(H,51,54)(H,52,59)(H,55,62)(H,56,63)/t39-,40-,42+,43+/m0/s1. The maximum Gasteiger partial charge on any atom is 0.407 e. The fraction of sp³-hybridized carbons (Fsp3) is 0.245. The largest absolute Gasteiger partial charge is 0.453 e. The Morgan fingerprint density at radius 2 is 1.20 bits per heavy atom. The van der Waals surface area contributed by atoms with E-state index in [0.29, 0.717) is 71.0 Å². The van der Waals surface area contributed by atoms with Crippen molar-refractivity contribution in [2.24, 2.45) is 0 Å². The monoisotopic (exact) mass is 873 g/mol. The number of nitrogens with one attached hydrogen (secondary N) is 5. The van der Waals surface area contributed by atoms with Crippen LogP contribution in [0.2, 0.25) is 0 Å². The lowest BCUT2D eigenvalue weighted by atomic mass is 10.0. The van der Waals surface area contributed by atoms with Gasteiger partial charge in [-0.05, 0) is 60.1 Å². The maximum atomic E-state index is 14.0. The third-order valence-electron chi connectivity index (χ3n) is 12.2. The first-order valence-electron chi connectivity index (χ1n) is 21.5. The quantitative estimate of drug-likeness (QED) is 0.0871. The number of nitrogens with zero attached hydrogens (tertiary/aromatic N) is 4. The van der Waals surface area contributed by atoms with Crippen molar-refractivity contribution < 1.29 is 28.7 Å². The van der Waals surface area contributed by atoms with Gasteiger partial charge in [0.1, 0.15) is 23.7 Å². The summed E-state index contributed by atoms with van der Waals surface area (Å²) < 4.78 is 9.65. The fourth-order valence-corrected chi connectivity index (χ4v) is 8.88. The number of aromatic nitrogens is 5. The molecule has 0 radical (unpaired) electrons. The second-order valence-corrected chi connectivity index (χ2v) is 16.1. The lowest BCUT2D eigenvalue weighted by Gasteiger charge is -2.28. The lowest BCUT2D eigenvalue weighted by molar-refractivity contribution is -0.135. The number of aromatic amines is 3. The maximum absolute atomic E-state index is 14.0. The minimum Gasteiger partial charge on any atom is -0.453 e. The number of likely N-dealkylation sites (tertiary alicyclic amines) is 2. The van der Waals surface area contributed by atoms with Crippen LogP contribution < -0.4 is 16.1 Å². The molecule has 5 N–H and O–H groups in total. The van der Waals surface area contributed by atoms with Crippen molar-refractivity contribution in [3.05, 3.63) is 155 Å². The highest BCUT2D eigenvalue weighted by atomic mass is 16.5. The summed E-state index contributed by atoms with van der Waals surface area (Å²) in [5.74, 6) is 0.773. The number of rotatable bonds is 11. The average molecular weight is 874 g/mol. The number of alkyl carbamates (subject to hydrolysis) is 2. The van der Waals surface area contributed by atoms with Crippen molar-refractivity contribution in [2.45, 2.75) is 49.9 Å². The first kappa shape index (κ1) is 42.3. The average Bonchev–Trinajstić information content (AvgIpc) is 4.20. The van der Waals surface area contributed by atoms with Crippen LogP contribution in [0.5, 0.6) is 0 Å².